The summed E-state index contributed by atoms with van der Waals surface area (Å²) in [5.41, 5.74) is 0.880. The maximum absolute atomic E-state index is 12.2. The number of esters is 1. The second-order valence-electron chi connectivity index (χ2n) is 5.02. The lowest BCUT2D eigenvalue weighted by molar-refractivity contribution is -0.671. The second-order valence-corrected chi connectivity index (χ2v) is 5.02. The van der Waals surface area contributed by atoms with Crippen LogP contribution in [0.2, 0.25) is 0 Å². The molecule has 0 N–H and O–H groups in total. The first kappa shape index (κ1) is 16.6. The molecular formula is C16H18INO2. The molecule has 0 aliphatic carbocycles. The molecule has 0 saturated heterocycles. The van der Waals surface area contributed by atoms with Gasteiger partial charge in [0.1, 0.15) is 18.2 Å². The summed E-state index contributed by atoms with van der Waals surface area (Å²) in [6.07, 6.45) is 3.63. The highest BCUT2D eigenvalue weighted by Gasteiger charge is 2.26. The number of carbonyl (C=O) groups excluding carboxylic acids is 1. The number of pyridine rings is 1. The van der Waals surface area contributed by atoms with Gasteiger partial charge < -0.3 is 28.7 Å². The summed E-state index contributed by atoms with van der Waals surface area (Å²) in [6.45, 7) is 3.78. The molecule has 0 spiro atoms. The molecule has 0 amide bonds. The van der Waals surface area contributed by atoms with E-state index in [0.29, 0.717) is 5.56 Å². The third kappa shape index (κ3) is 4.03. The lowest BCUT2D eigenvalue weighted by Crippen LogP contribution is -3.00. The minimum Gasteiger partial charge on any atom is -1.00 e. The largest absolute Gasteiger partial charge is 1.00 e. The summed E-state index contributed by atoms with van der Waals surface area (Å²) in [5.74, 6) is -0.315. The van der Waals surface area contributed by atoms with Gasteiger partial charge in [0.05, 0.1) is 0 Å². The summed E-state index contributed by atoms with van der Waals surface area (Å²) in [4.78, 5) is 12.2. The zero-order valence-corrected chi connectivity index (χ0v) is 14.0. The van der Waals surface area contributed by atoms with Gasteiger partial charge in [0.25, 0.3) is 0 Å². The van der Waals surface area contributed by atoms with Crippen LogP contribution in [0.25, 0.3) is 0 Å². The van der Waals surface area contributed by atoms with E-state index < -0.39 is 5.60 Å². The molecule has 20 heavy (non-hydrogen) atoms. The van der Waals surface area contributed by atoms with Gasteiger partial charge in [-0.2, -0.15) is 0 Å². The molecule has 0 aliphatic rings. The number of hydrogen-bond acceptors (Lipinski definition) is 2. The van der Waals surface area contributed by atoms with E-state index in [1.165, 1.54) is 0 Å². The van der Waals surface area contributed by atoms with Crippen molar-refractivity contribution in [2.24, 2.45) is 7.05 Å². The smallest absolute Gasteiger partial charge is 0.345 e. The van der Waals surface area contributed by atoms with Gasteiger partial charge in [-0.3, -0.25) is 0 Å². The summed E-state index contributed by atoms with van der Waals surface area (Å²) in [5, 5.41) is 0. The van der Waals surface area contributed by atoms with Crippen molar-refractivity contribution in [3.05, 3.63) is 66.0 Å². The third-order valence-corrected chi connectivity index (χ3v) is 2.99. The predicted octanol–water partition coefficient (Wildman–Crippen LogP) is -0.393. The Bertz CT molecular complexity index is 582. The molecule has 0 fully saturated rings. The molecule has 1 heterocycles. The third-order valence-electron chi connectivity index (χ3n) is 2.99. The van der Waals surface area contributed by atoms with Crippen LogP contribution in [-0.4, -0.2) is 5.97 Å². The van der Waals surface area contributed by atoms with Crippen LogP contribution in [0.5, 0.6) is 0 Å². The van der Waals surface area contributed by atoms with E-state index in [0.717, 1.165) is 5.56 Å². The first-order valence-corrected chi connectivity index (χ1v) is 6.23. The lowest BCUT2D eigenvalue weighted by atomic mass is 9.98. The predicted molar refractivity (Wildman–Crippen MR) is 72.5 cm³/mol. The van der Waals surface area contributed by atoms with E-state index in [4.69, 9.17) is 4.74 Å². The molecule has 0 radical (unpaired) electrons. The fourth-order valence-electron chi connectivity index (χ4n) is 1.90. The molecule has 1 aromatic carbocycles. The van der Waals surface area contributed by atoms with Crippen molar-refractivity contribution in [3.8, 4) is 0 Å². The molecule has 0 atom stereocenters. The van der Waals surface area contributed by atoms with Crippen LogP contribution in [0.15, 0.2) is 54.9 Å². The average molecular weight is 383 g/mol. The normalized spacial score (nSPS) is 10.6. The van der Waals surface area contributed by atoms with E-state index >= 15 is 0 Å². The van der Waals surface area contributed by atoms with Crippen LogP contribution in [0, 0.1) is 0 Å². The van der Waals surface area contributed by atoms with Gasteiger partial charge >= 0.3 is 5.97 Å². The van der Waals surface area contributed by atoms with E-state index in [9.17, 15) is 4.79 Å². The number of ether oxygens (including phenoxy) is 1. The zero-order chi connectivity index (χ0) is 13.9. The Balaban J connectivity index is 0.00000200. The molecule has 0 saturated carbocycles. The maximum Gasteiger partial charge on any atom is 0.345 e. The van der Waals surface area contributed by atoms with Crippen molar-refractivity contribution in [2.45, 2.75) is 19.4 Å². The monoisotopic (exact) mass is 383 g/mol. The van der Waals surface area contributed by atoms with Crippen LogP contribution < -0.4 is 28.5 Å². The van der Waals surface area contributed by atoms with Crippen LogP contribution in [0.4, 0.5) is 0 Å². The van der Waals surface area contributed by atoms with Gasteiger partial charge in [-0.15, -0.1) is 0 Å². The number of halogens is 1. The molecule has 1 aromatic heterocycles. The zero-order valence-electron chi connectivity index (χ0n) is 11.8. The number of benzene rings is 1. The Morgan fingerprint density at radius 3 is 2.35 bits per heavy atom. The number of rotatable bonds is 3. The highest BCUT2D eigenvalue weighted by molar-refractivity contribution is 5.89. The number of aromatic nitrogens is 1. The molecule has 0 unspecified atom stereocenters. The minimum atomic E-state index is -0.646. The highest BCUT2D eigenvalue weighted by Crippen LogP contribution is 2.25. The Morgan fingerprint density at radius 1 is 1.10 bits per heavy atom. The Kier molecular flexibility index (Phi) is 5.68. The molecule has 2 rings (SSSR count). The minimum absolute atomic E-state index is 0. The molecule has 3 nitrogen and oxygen atoms in total. The summed E-state index contributed by atoms with van der Waals surface area (Å²) >= 11 is 0. The summed E-state index contributed by atoms with van der Waals surface area (Å²) in [6, 6.07) is 13.3. The number of aryl methyl sites for hydroxylation is 1. The standard InChI is InChI=1S/C16H18NO2.HI/c1-16(2,14-9-5-4-6-10-14)19-15(18)13-8-7-11-17(3)12-13;/h4-12H,1-3H3;1H/q+1;/p-1. The topological polar surface area (TPSA) is 30.2 Å². The van der Waals surface area contributed by atoms with Crippen molar-refractivity contribution in [1.29, 1.82) is 0 Å². The molecular weight excluding hydrogens is 365 g/mol. The molecule has 0 bridgehead atoms. The maximum atomic E-state index is 12.2. The number of hydrogen-bond donors (Lipinski definition) is 0. The molecule has 2 aromatic rings. The van der Waals surface area contributed by atoms with Crippen LogP contribution in [0.1, 0.15) is 29.8 Å². The Hall–Kier alpha value is -1.43. The van der Waals surface area contributed by atoms with Crippen LogP contribution in [0.3, 0.4) is 0 Å². The Labute approximate surface area is 136 Å². The van der Waals surface area contributed by atoms with Gasteiger partial charge in [-0.25, -0.2) is 9.36 Å². The van der Waals surface area contributed by atoms with Crippen LogP contribution in [-0.2, 0) is 17.4 Å². The summed E-state index contributed by atoms with van der Waals surface area (Å²) in [7, 11) is 1.87. The van der Waals surface area contributed by atoms with E-state index in [1.807, 2.05) is 68.1 Å². The highest BCUT2D eigenvalue weighted by atomic mass is 127. The number of carbonyl (C=O) groups is 1. The van der Waals surface area contributed by atoms with Crippen molar-refractivity contribution in [1.82, 2.24) is 0 Å². The van der Waals surface area contributed by atoms with Gasteiger partial charge in [-0.1, -0.05) is 30.3 Å². The lowest BCUT2D eigenvalue weighted by Gasteiger charge is -2.25. The quantitative estimate of drug-likeness (QED) is 0.411. The molecule has 106 valence electrons. The van der Waals surface area contributed by atoms with Crippen molar-refractivity contribution < 1.29 is 38.1 Å². The fourth-order valence-corrected chi connectivity index (χ4v) is 1.90. The number of nitrogens with zero attached hydrogens (tertiary/aromatic N) is 1. The van der Waals surface area contributed by atoms with Gasteiger partial charge in [0.15, 0.2) is 12.4 Å². The van der Waals surface area contributed by atoms with Crippen LogP contribution >= 0.6 is 0 Å². The van der Waals surface area contributed by atoms with Gasteiger partial charge in [0.2, 0.25) is 0 Å². The first-order valence-electron chi connectivity index (χ1n) is 6.23. The first-order chi connectivity index (χ1) is 8.99. The molecule has 0 aliphatic heterocycles. The van der Waals surface area contributed by atoms with Crippen molar-refractivity contribution in [3.63, 3.8) is 0 Å². The van der Waals surface area contributed by atoms with E-state index in [-0.39, 0.29) is 29.9 Å². The van der Waals surface area contributed by atoms with E-state index in [1.54, 1.807) is 12.3 Å². The summed E-state index contributed by atoms with van der Waals surface area (Å²) < 4.78 is 7.44. The van der Waals surface area contributed by atoms with Gasteiger partial charge in [-0.05, 0) is 25.5 Å². The SMILES string of the molecule is C[n+]1cccc(C(=O)OC(C)(C)c2ccccc2)c1.[I-]. The van der Waals surface area contributed by atoms with Crippen molar-refractivity contribution in [2.75, 3.05) is 0 Å². The van der Waals surface area contributed by atoms with Crippen molar-refractivity contribution >= 4 is 5.97 Å². The van der Waals surface area contributed by atoms with Gasteiger partial charge in [0, 0.05) is 6.07 Å². The Morgan fingerprint density at radius 2 is 1.75 bits per heavy atom. The molecule has 4 heteroatoms. The fraction of sp³-hybridized carbons (Fsp3) is 0.250. The average Bonchev–Trinajstić information content (AvgIpc) is 2.39. The van der Waals surface area contributed by atoms with E-state index in [2.05, 4.69) is 0 Å². The second kappa shape index (κ2) is 6.83.